The van der Waals surface area contributed by atoms with E-state index in [0.717, 1.165) is 26.3 Å². The van der Waals surface area contributed by atoms with Crippen LogP contribution in [0.5, 0.6) is 0 Å². The molecule has 4 nitrogen and oxygen atoms in total. The Morgan fingerprint density at radius 3 is 2.13 bits per heavy atom. The van der Waals surface area contributed by atoms with Crippen LogP contribution in [0.25, 0.3) is 16.5 Å². The number of carbonyl (C=O) groups is 1. The summed E-state index contributed by atoms with van der Waals surface area (Å²) in [5.74, 6) is -0.260. The van der Waals surface area contributed by atoms with Gasteiger partial charge < -0.3 is 15.8 Å². The Morgan fingerprint density at radius 1 is 0.974 bits per heavy atom. The molecule has 0 bridgehead atoms. The molecule has 1 atom stereocenters. The molecule has 39 heavy (non-hydrogen) atoms. The van der Waals surface area contributed by atoms with Gasteiger partial charge in [-0.1, -0.05) is 127 Å². The summed E-state index contributed by atoms with van der Waals surface area (Å²) in [5, 5.41) is 19.2. The molecule has 0 aliphatic carbocycles. The molecule has 0 heterocycles. The van der Waals surface area contributed by atoms with E-state index in [4.69, 9.17) is 15.3 Å². The zero-order valence-electron chi connectivity index (χ0n) is 25.8. The monoisotopic (exact) mass is 534 g/mol. The fourth-order valence-corrected chi connectivity index (χ4v) is 3.67. The quantitative estimate of drug-likeness (QED) is 0.189. The first-order valence-corrected chi connectivity index (χ1v) is 14.4. The van der Waals surface area contributed by atoms with Crippen molar-refractivity contribution >= 4 is 29.2 Å². The lowest BCUT2D eigenvalue weighted by molar-refractivity contribution is -0.134. The van der Waals surface area contributed by atoms with Crippen LogP contribution >= 0.6 is 0 Å². The zero-order chi connectivity index (χ0) is 30.1. The van der Waals surface area contributed by atoms with Crippen molar-refractivity contribution in [3.05, 3.63) is 89.5 Å². The average molecular weight is 535 g/mol. The number of aliphatic carboxylic acids is 1. The maximum absolute atomic E-state index is 9.00. The Hall–Kier alpha value is -3.40. The molecule has 0 aliphatic rings. The van der Waals surface area contributed by atoms with Gasteiger partial charge in [-0.15, -0.1) is 0 Å². The van der Waals surface area contributed by atoms with Crippen molar-refractivity contribution in [2.24, 2.45) is 0 Å². The Bertz CT molecular complexity index is 1060. The van der Waals surface area contributed by atoms with Crippen LogP contribution in [0.1, 0.15) is 103 Å². The van der Waals surface area contributed by atoms with Gasteiger partial charge in [-0.05, 0) is 66.8 Å². The Balaban J connectivity index is 0. The van der Waals surface area contributed by atoms with Gasteiger partial charge in [-0.3, -0.25) is 4.79 Å². The third-order valence-electron chi connectivity index (χ3n) is 5.47. The molecular weight excluding hydrogens is 480 g/mol. The Labute approximate surface area is 239 Å². The first-order chi connectivity index (χ1) is 18.8. The molecule has 0 aromatic heterocycles. The number of hydrogen-bond donors (Lipinski definition) is 3. The van der Waals surface area contributed by atoms with Crippen LogP contribution in [0.4, 0.5) is 0 Å². The second-order valence-corrected chi connectivity index (χ2v) is 9.08. The summed E-state index contributed by atoms with van der Waals surface area (Å²) >= 11 is 0. The molecule has 0 radical (unpaired) electrons. The average Bonchev–Trinajstić information content (AvgIpc) is 2.94. The predicted molar refractivity (Wildman–Crippen MR) is 174 cm³/mol. The van der Waals surface area contributed by atoms with Gasteiger partial charge in [0.05, 0.1) is 0 Å². The fraction of sp³-hybridized carbons (Fsp3) is 0.429. The molecule has 0 aliphatic heterocycles. The van der Waals surface area contributed by atoms with Crippen LogP contribution in [0.2, 0.25) is 0 Å². The number of hydrogen-bond acceptors (Lipinski definition) is 3. The number of unbranched alkanes of at least 4 members (excludes halogenated alkanes) is 1. The summed E-state index contributed by atoms with van der Waals surface area (Å²) < 4.78 is 0. The van der Waals surface area contributed by atoms with Crippen LogP contribution in [0, 0.1) is 12.3 Å². The highest BCUT2D eigenvalue weighted by Crippen LogP contribution is 2.24. The molecule has 0 saturated heterocycles. The zero-order valence-corrected chi connectivity index (χ0v) is 25.8. The largest absolute Gasteiger partial charge is 0.481 e. The summed E-state index contributed by atoms with van der Waals surface area (Å²) in [5.41, 5.74) is 5.35. The van der Waals surface area contributed by atoms with E-state index in [2.05, 4.69) is 119 Å². The van der Waals surface area contributed by atoms with Gasteiger partial charge in [0.15, 0.2) is 0 Å². The second kappa shape index (κ2) is 24.9. The minimum absolute atomic E-state index is 0.574. The van der Waals surface area contributed by atoms with E-state index in [1.165, 1.54) is 52.4 Å². The summed E-state index contributed by atoms with van der Waals surface area (Å²) in [6, 6.07) is 24.3. The van der Waals surface area contributed by atoms with E-state index in [1.54, 1.807) is 0 Å². The second-order valence-electron chi connectivity index (χ2n) is 9.08. The molecule has 3 aromatic rings. The lowest BCUT2D eigenvalue weighted by Gasteiger charge is -2.14. The summed E-state index contributed by atoms with van der Waals surface area (Å²) in [4.78, 5) is 9.00. The number of fused-ring (bicyclic) bond motifs is 1. The molecule has 3 aromatic carbocycles. The summed E-state index contributed by atoms with van der Waals surface area (Å²) in [6.07, 6.45) is 8.30. The highest BCUT2D eigenvalue weighted by Gasteiger charge is 2.07. The first-order valence-electron chi connectivity index (χ1n) is 14.4. The molecule has 0 spiro atoms. The fourth-order valence-electron chi connectivity index (χ4n) is 3.67. The van der Waals surface area contributed by atoms with Crippen molar-refractivity contribution in [2.45, 2.75) is 93.4 Å². The van der Waals surface area contributed by atoms with Crippen molar-refractivity contribution in [3.8, 4) is 0 Å². The van der Waals surface area contributed by atoms with Crippen molar-refractivity contribution in [1.82, 2.24) is 5.32 Å². The highest BCUT2D eigenvalue weighted by atomic mass is 16.4. The maximum Gasteiger partial charge on any atom is 0.300 e. The molecule has 3 rings (SSSR count). The van der Waals surface area contributed by atoms with Crippen LogP contribution in [0.15, 0.2) is 72.8 Å². The lowest BCUT2D eigenvalue weighted by atomic mass is 9.94. The van der Waals surface area contributed by atoms with Gasteiger partial charge in [0.25, 0.3) is 5.97 Å². The molecule has 0 fully saturated rings. The van der Waals surface area contributed by atoms with Crippen LogP contribution in [0.3, 0.4) is 0 Å². The Morgan fingerprint density at radius 2 is 1.56 bits per heavy atom. The van der Waals surface area contributed by atoms with Gasteiger partial charge in [-0.2, -0.15) is 0 Å². The van der Waals surface area contributed by atoms with Crippen molar-refractivity contribution in [3.63, 3.8) is 0 Å². The maximum atomic E-state index is 9.00. The highest BCUT2D eigenvalue weighted by molar-refractivity contribution is 5.86. The smallest absolute Gasteiger partial charge is 0.300 e. The minimum Gasteiger partial charge on any atom is -0.481 e. The van der Waals surface area contributed by atoms with Crippen molar-refractivity contribution in [1.29, 1.82) is 5.41 Å². The van der Waals surface area contributed by atoms with Gasteiger partial charge in [0, 0.05) is 19.2 Å². The number of benzene rings is 3. The van der Waals surface area contributed by atoms with Crippen LogP contribution in [-0.2, 0) is 4.79 Å². The van der Waals surface area contributed by atoms with E-state index in [-0.39, 0.29) is 0 Å². The number of nitrogens with one attached hydrogen (secondary N) is 2. The lowest BCUT2D eigenvalue weighted by Crippen LogP contribution is -2.13. The number of allylic oxidation sites excluding steroid dienone is 1. The molecule has 4 heteroatoms. The third-order valence-corrected chi connectivity index (χ3v) is 5.47. The van der Waals surface area contributed by atoms with Gasteiger partial charge >= 0.3 is 0 Å². The topological polar surface area (TPSA) is 73.2 Å². The van der Waals surface area contributed by atoms with E-state index < -0.39 is 5.97 Å². The minimum atomic E-state index is -0.833. The first kappa shape index (κ1) is 37.8. The molecule has 0 amide bonds. The van der Waals surface area contributed by atoms with Crippen molar-refractivity contribution < 1.29 is 9.90 Å². The SMILES string of the molecule is C=N.CC.CC(=O)O.CCC.CCCCN/C(=C\CCC(C)c1cccc(C)c1)c1ccc2ccccc2c1. The van der Waals surface area contributed by atoms with Gasteiger partial charge in [-0.25, -0.2) is 0 Å². The Kier molecular flexibility index (Phi) is 24.1. The number of carboxylic acid groups (broad SMARTS) is 1. The molecule has 1 unspecified atom stereocenters. The number of aryl methyl sites for hydroxylation is 1. The van der Waals surface area contributed by atoms with Crippen LogP contribution < -0.4 is 5.32 Å². The molecule has 216 valence electrons. The standard InChI is InChI=1S/C27H33N.C3H8.C2H4O2.C2H6.CH3N/c1-4-5-18-28-27(26-17-16-23-12-6-7-13-25(23)20-26)15-9-11-22(3)24-14-8-10-21(2)19-24;1-3-2;1-2(3)4;2*1-2/h6-8,10,12-17,19-20,22,28H,4-5,9,11,18H2,1-3H3;3H2,1-2H3;1H3,(H,3,4);1-2H3;2H,1H2/b27-15-;;;;. The number of carboxylic acids is 1. The normalized spacial score (nSPS) is 10.6. The summed E-state index contributed by atoms with van der Waals surface area (Å²) in [7, 11) is 0. The van der Waals surface area contributed by atoms with E-state index in [9.17, 15) is 0 Å². The molecule has 3 N–H and O–H groups in total. The third kappa shape index (κ3) is 17.7. The number of rotatable bonds is 9. The molecular formula is C35H54N2O2. The van der Waals surface area contributed by atoms with E-state index >= 15 is 0 Å². The van der Waals surface area contributed by atoms with Gasteiger partial charge in [0.2, 0.25) is 0 Å². The van der Waals surface area contributed by atoms with Crippen molar-refractivity contribution in [2.75, 3.05) is 6.54 Å². The van der Waals surface area contributed by atoms with Gasteiger partial charge in [0.1, 0.15) is 0 Å². The summed E-state index contributed by atoms with van der Waals surface area (Å²) in [6.45, 7) is 19.6. The van der Waals surface area contributed by atoms with E-state index in [0.29, 0.717) is 5.92 Å². The van der Waals surface area contributed by atoms with Crippen LogP contribution in [-0.4, -0.2) is 24.3 Å². The van der Waals surface area contributed by atoms with E-state index in [1.807, 2.05) is 13.8 Å². The predicted octanol–water partition coefficient (Wildman–Crippen LogP) is 10.3. The molecule has 0 saturated carbocycles.